The predicted molar refractivity (Wildman–Crippen MR) is 177 cm³/mol. The first-order valence-corrected chi connectivity index (χ1v) is 15.8. The summed E-state index contributed by atoms with van der Waals surface area (Å²) in [5.74, 6) is 1.54. The summed E-state index contributed by atoms with van der Waals surface area (Å²) in [4.78, 5) is 40.8. The number of methoxy groups -OCH3 is 1. The summed E-state index contributed by atoms with van der Waals surface area (Å²) >= 11 is 0. The number of benzene rings is 3. The van der Waals surface area contributed by atoms with Crippen molar-refractivity contribution in [2.45, 2.75) is 52.6 Å². The van der Waals surface area contributed by atoms with Crippen LogP contribution < -0.4 is 14.2 Å². The summed E-state index contributed by atoms with van der Waals surface area (Å²) in [6, 6.07) is 16.5. The molecule has 0 saturated carbocycles. The van der Waals surface area contributed by atoms with E-state index in [0.29, 0.717) is 66.5 Å². The Balaban J connectivity index is 0.00000204. The Bertz CT molecular complexity index is 1770. The summed E-state index contributed by atoms with van der Waals surface area (Å²) in [6.45, 7) is 8.77. The number of Topliss-reactive ketones (excluding diaryl/α,β-unsaturated/α-hetero) is 2. The van der Waals surface area contributed by atoms with Crippen LogP contribution >= 0.6 is 0 Å². The van der Waals surface area contributed by atoms with Gasteiger partial charge in [0.2, 0.25) is 0 Å². The number of amides is 1. The van der Waals surface area contributed by atoms with Gasteiger partial charge in [0, 0.05) is 55.9 Å². The standard InChI is InChI=1S/C35H35N3O6.C2H6/c1-5-43-32-18-26(17-31(42-4)33(32)27-20-36-37(3)21-27)34(41)38-13-11-35(12-14-38)19-29(40)28-16-25(9-10-30(28)44-35)24-8-6-7-23(15-24)22(2)39;1-2/h6-10,15-18,20-21H,5,11-14,19H2,1-4H3;1-2H3. The lowest BCUT2D eigenvalue weighted by Gasteiger charge is -2.44. The fraction of sp³-hybridized carbons (Fsp3) is 0.351. The maximum atomic E-state index is 13.7. The SMILES string of the molecule is CC.CCOc1cc(C(=O)N2CCC3(CC2)CC(=O)c2cc(-c4cccc(C(C)=O)c4)ccc2O3)cc(OC)c1-c1cnn(C)c1. The molecule has 0 radical (unpaired) electrons. The Morgan fingerprint density at radius 2 is 1.67 bits per heavy atom. The Kier molecular flexibility index (Phi) is 9.60. The highest BCUT2D eigenvalue weighted by Crippen LogP contribution is 2.43. The average molecular weight is 624 g/mol. The van der Waals surface area contributed by atoms with Gasteiger partial charge in [0.1, 0.15) is 22.8 Å². The van der Waals surface area contributed by atoms with Crippen molar-refractivity contribution in [3.63, 3.8) is 0 Å². The zero-order valence-electron chi connectivity index (χ0n) is 27.4. The molecule has 9 nitrogen and oxygen atoms in total. The van der Waals surface area contributed by atoms with Crippen molar-refractivity contribution in [1.82, 2.24) is 14.7 Å². The van der Waals surface area contributed by atoms with Crippen LogP contribution in [0.25, 0.3) is 22.3 Å². The lowest BCUT2D eigenvalue weighted by molar-refractivity contribution is -0.00572. The molecular weight excluding hydrogens is 582 g/mol. The van der Waals surface area contributed by atoms with Crippen molar-refractivity contribution in [1.29, 1.82) is 0 Å². The fourth-order valence-electron chi connectivity index (χ4n) is 6.15. The number of hydrogen-bond acceptors (Lipinski definition) is 7. The molecule has 1 fully saturated rings. The highest BCUT2D eigenvalue weighted by Gasteiger charge is 2.44. The van der Waals surface area contributed by atoms with E-state index in [4.69, 9.17) is 14.2 Å². The molecule has 2 aliphatic heterocycles. The van der Waals surface area contributed by atoms with Gasteiger partial charge in [-0.05, 0) is 55.3 Å². The van der Waals surface area contributed by atoms with Crippen LogP contribution in [0.15, 0.2) is 67.0 Å². The topological polar surface area (TPSA) is 100.0 Å². The molecule has 1 spiro atoms. The first kappa shape index (κ1) is 32.5. The zero-order chi connectivity index (χ0) is 33.0. The minimum Gasteiger partial charge on any atom is -0.496 e. The third-order valence-electron chi connectivity index (χ3n) is 8.48. The van der Waals surface area contributed by atoms with Gasteiger partial charge in [0.05, 0.1) is 37.5 Å². The van der Waals surface area contributed by atoms with Gasteiger partial charge in [0.15, 0.2) is 11.6 Å². The van der Waals surface area contributed by atoms with E-state index in [0.717, 1.165) is 22.3 Å². The number of carbonyl (C=O) groups is 3. The number of nitrogens with zero attached hydrogens (tertiary/aromatic N) is 3. The van der Waals surface area contributed by atoms with Gasteiger partial charge in [0.25, 0.3) is 5.91 Å². The largest absolute Gasteiger partial charge is 0.496 e. The van der Waals surface area contributed by atoms with Crippen molar-refractivity contribution in [3.8, 4) is 39.5 Å². The normalized spacial score (nSPS) is 14.9. The first-order valence-electron chi connectivity index (χ1n) is 15.8. The van der Waals surface area contributed by atoms with Crippen LogP contribution in [0.2, 0.25) is 0 Å². The van der Waals surface area contributed by atoms with Gasteiger partial charge in [-0.2, -0.15) is 5.10 Å². The fourth-order valence-corrected chi connectivity index (χ4v) is 6.15. The molecule has 0 aliphatic carbocycles. The van der Waals surface area contributed by atoms with E-state index < -0.39 is 5.60 Å². The van der Waals surface area contributed by atoms with E-state index >= 15 is 0 Å². The van der Waals surface area contributed by atoms with E-state index in [9.17, 15) is 14.4 Å². The molecule has 1 saturated heterocycles. The molecule has 0 atom stereocenters. The van der Waals surface area contributed by atoms with Crippen LogP contribution in [-0.4, -0.2) is 64.6 Å². The second-order valence-corrected chi connectivity index (χ2v) is 11.4. The molecule has 3 heterocycles. The van der Waals surface area contributed by atoms with Crippen LogP contribution in [0, 0.1) is 0 Å². The van der Waals surface area contributed by atoms with Crippen molar-refractivity contribution < 1.29 is 28.6 Å². The summed E-state index contributed by atoms with van der Waals surface area (Å²) in [5, 5.41) is 4.27. The second-order valence-electron chi connectivity index (χ2n) is 11.4. The van der Waals surface area contributed by atoms with E-state index in [1.54, 1.807) is 41.1 Å². The van der Waals surface area contributed by atoms with Gasteiger partial charge in [-0.25, -0.2) is 0 Å². The molecule has 4 aromatic rings. The molecule has 0 bridgehead atoms. The molecule has 240 valence electrons. The molecule has 1 amide bonds. The molecule has 0 N–H and O–H groups in total. The van der Waals surface area contributed by atoms with Crippen molar-refractivity contribution in [2.75, 3.05) is 26.8 Å². The molecule has 0 unspecified atom stereocenters. The molecule has 3 aromatic carbocycles. The molecule has 46 heavy (non-hydrogen) atoms. The van der Waals surface area contributed by atoms with Gasteiger partial charge >= 0.3 is 0 Å². The van der Waals surface area contributed by atoms with E-state index in [1.807, 2.05) is 70.4 Å². The number of aromatic nitrogens is 2. The third kappa shape index (κ3) is 6.40. The quantitative estimate of drug-likeness (QED) is 0.204. The monoisotopic (exact) mass is 623 g/mol. The third-order valence-corrected chi connectivity index (χ3v) is 8.48. The number of ether oxygens (including phenoxy) is 3. The number of piperidine rings is 1. The Morgan fingerprint density at radius 1 is 0.957 bits per heavy atom. The highest BCUT2D eigenvalue weighted by molar-refractivity contribution is 6.02. The van der Waals surface area contributed by atoms with E-state index in [-0.39, 0.29) is 23.9 Å². The van der Waals surface area contributed by atoms with Crippen LogP contribution in [0.5, 0.6) is 17.2 Å². The van der Waals surface area contributed by atoms with Crippen molar-refractivity contribution in [2.24, 2.45) is 7.05 Å². The average Bonchev–Trinajstić information content (AvgIpc) is 3.50. The minimum atomic E-state index is -0.657. The lowest BCUT2D eigenvalue weighted by Crippen LogP contribution is -2.52. The number of likely N-dealkylation sites (tertiary alicyclic amines) is 1. The van der Waals surface area contributed by atoms with Gasteiger partial charge < -0.3 is 19.1 Å². The zero-order valence-corrected chi connectivity index (χ0v) is 27.4. The summed E-state index contributed by atoms with van der Waals surface area (Å²) in [6.07, 6.45) is 4.94. The molecule has 6 rings (SSSR count). The maximum Gasteiger partial charge on any atom is 0.254 e. The molecule has 2 aliphatic rings. The van der Waals surface area contributed by atoms with Crippen LogP contribution in [0.1, 0.15) is 78.0 Å². The smallest absolute Gasteiger partial charge is 0.254 e. The number of rotatable bonds is 7. The minimum absolute atomic E-state index is 0.00777. The van der Waals surface area contributed by atoms with E-state index in [1.165, 1.54) is 6.92 Å². The van der Waals surface area contributed by atoms with Crippen LogP contribution in [0.3, 0.4) is 0 Å². The Hall–Kier alpha value is -4.92. The summed E-state index contributed by atoms with van der Waals surface area (Å²) < 4.78 is 19.9. The molecular formula is C37H41N3O6. The summed E-state index contributed by atoms with van der Waals surface area (Å²) in [7, 11) is 3.42. The maximum absolute atomic E-state index is 13.7. The van der Waals surface area contributed by atoms with Crippen molar-refractivity contribution in [3.05, 3.63) is 83.7 Å². The number of fused-ring (bicyclic) bond motifs is 1. The molecule has 1 aromatic heterocycles. The number of carbonyl (C=O) groups excluding carboxylic acids is 3. The predicted octanol–water partition coefficient (Wildman–Crippen LogP) is 7.03. The van der Waals surface area contributed by atoms with Gasteiger partial charge in [-0.15, -0.1) is 0 Å². The van der Waals surface area contributed by atoms with Crippen LogP contribution in [-0.2, 0) is 7.05 Å². The van der Waals surface area contributed by atoms with Gasteiger partial charge in [-0.1, -0.05) is 38.1 Å². The number of aryl methyl sites for hydroxylation is 1. The highest BCUT2D eigenvalue weighted by atomic mass is 16.5. The Morgan fingerprint density at radius 3 is 2.33 bits per heavy atom. The number of hydrogen-bond donors (Lipinski definition) is 0. The first-order chi connectivity index (χ1) is 22.2. The second kappa shape index (κ2) is 13.6. The number of ketones is 2. The Labute approximate surface area is 270 Å². The van der Waals surface area contributed by atoms with Crippen molar-refractivity contribution >= 4 is 17.5 Å². The summed E-state index contributed by atoms with van der Waals surface area (Å²) in [5.41, 5.74) is 4.30. The van der Waals surface area contributed by atoms with E-state index in [2.05, 4.69) is 5.10 Å². The lowest BCUT2D eigenvalue weighted by atomic mass is 9.81. The van der Waals surface area contributed by atoms with Crippen LogP contribution in [0.4, 0.5) is 0 Å². The van der Waals surface area contributed by atoms with Gasteiger partial charge in [-0.3, -0.25) is 19.1 Å². The molecule has 9 heteroatoms.